The molecule has 0 unspecified atom stereocenters. The monoisotopic (exact) mass is 706 g/mol. The molecule has 0 amide bonds. The van der Waals surface area contributed by atoms with Gasteiger partial charge in [-0.05, 0) is 35.4 Å². The summed E-state index contributed by atoms with van der Waals surface area (Å²) >= 11 is 0. The van der Waals surface area contributed by atoms with E-state index < -0.39 is 30.0 Å². The molecule has 0 spiro atoms. The summed E-state index contributed by atoms with van der Waals surface area (Å²) in [5, 5.41) is 35.4. The summed E-state index contributed by atoms with van der Waals surface area (Å²) in [5.74, 6) is 0. The van der Waals surface area contributed by atoms with E-state index in [-0.39, 0.29) is 93.0 Å². The van der Waals surface area contributed by atoms with Crippen LogP contribution in [0.25, 0.3) is 12.2 Å². The van der Waals surface area contributed by atoms with Crippen LogP contribution >= 0.6 is 0 Å². The molecule has 0 atom stereocenters. The Balaban J connectivity index is 0.00000400. The number of hydrogen-bond donors (Lipinski definition) is 4. The molecule has 4 rings (SSSR count). The van der Waals surface area contributed by atoms with Crippen LogP contribution in [0.2, 0.25) is 0 Å². The summed E-state index contributed by atoms with van der Waals surface area (Å²) in [6, 6.07) is 24.8. The average Bonchev–Trinajstić information content (AvgIpc) is 3.04. The predicted molar refractivity (Wildman–Crippen MR) is 178 cm³/mol. The number of benzene rings is 4. The molecule has 236 valence electrons. The maximum atomic E-state index is 12.2. The normalized spacial score (nSPS) is 12.5. The van der Waals surface area contributed by atoms with E-state index in [2.05, 4.69) is 31.4 Å². The standard InChI is InChI=1S/C30H26N6O8S2.2Na/c37-31-19-27(21-7-3-1-4-8-21)35-33-25-15-13-23(29(17-25)45(39,40)41)11-12-24-14-16-26(18-30(24)46(42,43)44)34-36-28(20-32-38)22-9-5-2-6-10-22;;/h1-20,33-34,37-38H,(H,39,40,41)(H,42,43,44);;/q;2*+1/p-2/b12-11+,31-19+,32-20+,35-27-,36-28-;;. The molecular weight excluding hydrogens is 682 g/mol. The smallest absolute Gasteiger partial charge is 0.792 e. The van der Waals surface area contributed by atoms with E-state index in [4.69, 9.17) is 0 Å². The van der Waals surface area contributed by atoms with Crippen LogP contribution in [-0.2, 0) is 20.2 Å². The van der Waals surface area contributed by atoms with Crippen LogP contribution in [0.4, 0.5) is 11.4 Å². The van der Waals surface area contributed by atoms with Gasteiger partial charge in [0.2, 0.25) is 0 Å². The van der Waals surface area contributed by atoms with Gasteiger partial charge < -0.3 is 20.7 Å². The van der Waals surface area contributed by atoms with E-state index >= 15 is 0 Å². The summed E-state index contributed by atoms with van der Waals surface area (Å²) in [5.41, 5.74) is 6.86. The Morgan fingerprint density at radius 2 is 0.938 bits per heavy atom. The van der Waals surface area contributed by atoms with Gasteiger partial charge in [-0.25, -0.2) is 0 Å². The van der Waals surface area contributed by atoms with Crippen molar-refractivity contribution >= 4 is 67.6 Å². The molecule has 0 saturated carbocycles. The van der Waals surface area contributed by atoms with Gasteiger partial charge in [0.1, 0.15) is 21.2 Å². The van der Waals surface area contributed by atoms with E-state index in [1.807, 2.05) is 0 Å². The third kappa shape index (κ3) is 11.5. The number of hydrogen-bond acceptors (Lipinski definition) is 12. The first-order valence-corrected chi connectivity index (χ1v) is 15.9. The molecule has 0 aliphatic carbocycles. The molecule has 4 aromatic rings. The van der Waals surface area contributed by atoms with Gasteiger partial charge in [-0.3, -0.25) is 20.0 Å². The zero-order valence-electron chi connectivity index (χ0n) is 25.5. The minimum Gasteiger partial charge on any atom is -0.792 e. The first-order valence-electron chi connectivity index (χ1n) is 13.0. The van der Waals surface area contributed by atoms with Gasteiger partial charge in [0.15, 0.2) is 0 Å². The second-order valence-corrected chi connectivity index (χ2v) is 12.0. The summed E-state index contributed by atoms with van der Waals surface area (Å²) in [4.78, 5) is -1.09. The largest absolute Gasteiger partial charge is 1.00 e. The van der Waals surface area contributed by atoms with Crippen molar-refractivity contribution in [2.24, 2.45) is 20.5 Å². The molecule has 0 aromatic heterocycles. The topological polar surface area (TPSA) is 228 Å². The Kier molecular flexibility index (Phi) is 15.8. The summed E-state index contributed by atoms with van der Waals surface area (Å²) in [6.45, 7) is 0. The molecule has 48 heavy (non-hydrogen) atoms. The van der Waals surface area contributed by atoms with E-state index in [0.717, 1.165) is 24.6 Å². The molecule has 0 aliphatic rings. The van der Waals surface area contributed by atoms with Gasteiger partial charge in [-0.15, -0.1) is 0 Å². The molecule has 4 N–H and O–H groups in total. The molecule has 0 saturated heterocycles. The van der Waals surface area contributed by atoms with Gasteiger partial charge in [0.05, 0.1) is 11.4 Å². The Bertz CT molecular complexity index is 1930. The maximum Gasteiger partial charge on any atom is 1.00 e. The third-order valence-corrected chi connectivity index (χ3v) is 7.94. The summed E-state index contributed by atoms with van der Waals surface area (Å²) < 4.78 is 68.8. The predicted octanol–water partition coefficient (Wildman–Crippen LogP) is -0.872. The fourth-order valence-electron chi connectivity index (χ4n) is 4.01. The van der Waals surface area contributed by atoms with Crippen molar-refractivity contribution in [3.05, 3.63) is 130 Å². The fraction of sp³-hybridized carbons (Fsp3) is 0. The van der Waals surface area contributed by atoms with E-state index in [0.29, 0.717) is 11.1 Å². The molecule has 0 fully saturated rings. The van der Waals surface area contributed by atoms with E-state index in [1.165, 1.54) is 36.4 Å². The SMILES string of the molecule is O=S(=O)(O)c1cc(N/N=C(/C=N/[O-])c2ccccc2)ccc1/C=C/c1ccc(N/N=C(/C=N/[O-])c2ccccc2)cc1S(=O)(=O)O.[Na+].[Na+]. The second-order valence-electron chi connectivity index (χ2n) is 9.21. The number of nitrogens with one attached hydrogen (secondary N) is 2. The molecule has 4 aromatic carbocycles. The van der Waals surface area contributed by atoms with Crippen LogP contribution in [0.1, 0.15) is 22.3 Å². The van der Waals surface area contributed by atoms with Gasteiger partial charge in [-0.1, -0.05) is 84.9 Å². The van der Waals surface area contributed by atoms with Crippen LogP contribution in [0.3, 0.4) is 0 Å². The van der Waals surface area contributed by atoms with Gasteiger partial charge in [0.25, 0.3) is 20.2 Å². The zero-order chi connectivity index (χ0) is 33.2. The Hall–Kier alpha value is -3.68. The Morgan fingerprint density at radius 3 is 1.25 bits per heavy atom. The van der Waals surface area contributed by atoms with Gasteiger partial charge in [-0.2, -0.15) is 27.0 Å². The van der Waals surface area contributed by atoms with Crippen molar-refractivity contribution < 1.29 is 85.1 Å². The second kappa shape index (κ2) is 18.8. The summed E-state index contributed by atoms with van der Waals surface area (Å²) in [6.07, 6.45) is 4.38. The third-order valence-electron chi connectivity index (χ3n) is 6.13. The zero-order valence-corrected chi connectivity index (χ0v) is 31.1. The van der Waals surface area contributed by atoms with Crippen molar-refractivity contribution in [2.45, 2.75) is 9.79 Å². The number of anilines is 2. The van der Waals surface area contributed by atoms with Crippen LogP contribution in [-0.4, -0.2) is 49.8 Å². The van der Waals surface area contributed by atoms with Crippen LogP contribution < -0.4 is 70.0 Å². The van der Waals surface area contributed by atoms with Crippen LogP contribution in [0.15, 0.2) is 127 Å². The van der Waals surface area contributed by atoms with Crippen LogP contribution in [0, 0.1) is 10.4 Å². The van der Waals surface area contributed by atoms with Crippen LogP contribution in [0.5, 0.6) is 0 Å². The Morgan fingerprint density at radius 1 is 0.583 bits per heavy atom. The molecule has 14 nitrogen and oxygen atoms in total. The van der Waals surface area contributed by atoms with Crippen molar-refractivity contribution in [1.29, 1.82) is 0 Å². The first-order chi connectivity index (χ1) is 22.0. The minimum absolute atomic E-state index is 0. The molecular formula is C30H24N6Na2O8S2. The van der Waals surface area contributed by atoms with Crippen molar-refractivity contribution in [1.82, 2.24) is 0 Å². The molecule has 0 heterocycles. The molecule has 18 heteroatoms. The number of nitrogens with zero attached hydrogens (tertiary/aromatic N) is 4. The minimum atomic E-state index is -4.79. The average molecular weight is 707 g/mol. The number of rotatable bonds is 12. The van der Waals surface area contributed by atoms with E-state index in [9.17, 15) is 36.4 Å². The number of hydrazone groups is 2. The molecule has 0 bridgehead atoms. The fourth-order valence-corrected chi connectivity index (χ4v) is 5.43. The van der Waals surface area contributed by atoms with Crippen molar-refractivity contribution in [2.75, 3.05) is 10.9 Å². The van der Waals surface area contributed by atoms with Crippen molar-refractivity contribution in [3.63, 3.8) is 0 Å². The molecule has 0 radical (unpaired) electrons. The van der Waals surface area contributed by atoms with Gasteiger partial charge in [0, 0.05) is 23.6 Å². The Labute approximate surface area is 320 Å². The quantitative estimate of drug-likeness (QED) is 0.0468. The van der Waals surface area contributed by atoms with E-state index in [1.54, 1.807) is 60.7 Å². The molecule has 0 aliphatic heterocycles. The van der Waals surface area contributed by atoms with Crippen molar-refractivity contribution in [3.8, 4) is 0 Å². The maximum absolute atomic E-state index is 12.2. The summed E-state index contributed by atoms with van der Waals surface area (Å²) in [7, 11) is -9.58. The van der Waals surface area contributed by atoms with Gasteiger partial charge >= 0.3 is 59.1 Å². The first kappa shape index (κ1) is 40.5.